The van der Waals surface area contributed by atoms with Gasteiger partial charge in [0.25, 0.3) is 0 Å². The summed E-state index contributed by atoms with van der Waals surface area (Å²) in [5, 5.41) is 6.88. The molecule has 2 saturated heterocycles. The maximum absolute atomic E-state index is 5.81. The molecular weight excluding hydrogens is 316 g/mol. The molecule has 6 heteroatoms. The number of hydrogen-bond donors (Lipinski definition) is 2. The van der Waals surface area contributed by atoms with E-state index in [2.05, 4.69) is 27.4 Å². The van der Waals surface area contributed by atoms with Crippen LogP contribution in [0.5, 0.6) is 0 Å². The molecule has 146 valence electrons. The van der Waals surface area contributed by atoms with Crippen molar-refractivity contribution in [3.63, 3.8) is 0 Å². The topological polar surface area (TPSA) is 58.1 Å². The highest BCUT2D eigenvalue weighted by molar-refractivity contribution is 5.79. The summed E-state index contributed by atoms with van der Waals surface area (Å²) in [4.78, 5) is 6.93. The second-order valence-corrected chi connectivity index (χ2v) is 7.17. The third-order valence-electron chi connectivity index (χ3n) is 5.31. The van der Waals surface area contributed by atoms with E-state index < -0.39 is 0 Å². The van der Waals surface area contributed by atoms with Gasteiger partial charge in [0.2, 0.25) is 0 Å². The summed E-state index contributed by atoms with van der Waals surface area (Å²) < 4.78 is 11.2. The van der Waals surface area contributed by atoms with Crippen LogP contribution < -0.4 is 10.6 Å². The molecule has 0 aliphatic carbocycles. The molecule has 0 aromatic rings. The van der Waals surface area contributed by atoms with Crippen LogP contribution in [0.25, 0.3) is 0 Å². The molecule has 2 heterocycles. The molecule has 0 radical (unpaired) electrons. The minimum Gasteiger partial charge on any atom is -0.381 e. The van der Waals surface area contributed by atoms with Gasteiger partial charge in [-0.05, 0) is 57.5 Å². The molecule has 0 saturated carbocycles. The molecule has 0 spiro atoms. The predicted molar refractivity (Wildman–Crippen MR) is 103 cm³/mol. The van der Waals surface area contributed by atoms with Gasteiger partial charge >= 0.3 is 0 Å². The van der Waals surface area contributed by atoms with Gasteiger partial charge in [0.05, 0.1) is 0 Å². The van der Waals surface area contributed by atoms with Crippen molar-refractivity contribution in [2.75, 3.05) is 59.7 Å². The molecule has 0 amide bonds. The summed E-state index contributed by atoms with van der Waals surface area (Å²) in [5.74, 6) is 1.59. The van der Waals surface area contributed by atoms with Crippen LogP contribution >= 0.6 is 0 Å². The fourth-order valence-corrected chi connectivity index (χ4v) is 3.62. The Hall–Kier alpha value is -0.850. The molecule has 6 nitrogen and oxygen atoms in total. The third kappa shape index (κ3) is 7.92. The molecule has 1 atom stereocenters. The fourth-order valence-electron chi connectivity index (χ4n) is 3.62. The molecule has 2 rings (SSSR count). The first-order chi connectivity index (χ1) is 12.3. The standard InChI is InChI=1S/C19H38N4O2/c1-3-18(23-10-4-5-11-23)15-22-19(20-2)21-9-6-12-25-16-17-7-13-24-14-8-17/h17-18H,3-16H2,1-2H3,(H2,20,21,22). The van der Waals surface area contributed by atoms with Gasteiger partial charge in [0, 0.05) is 52.6 Å². The molecule has 2 aliphatic heterocycles. The van der Waals surface area contributed by atoms with Crippen LogP contribution in [-0.2, 0) is 9.47 Å². The first-order valence-electron chi connectivity index (χ1n) is 10.2. The number of likely N-dealkylation sites (tertiary alicyclic amines) is 1. The van der Waals surface area contributed by atoms with Crippen molar-refractivity contribution in [3.8, 4) is 0 Å². The van der Waals surface area contributed by atoms with Crippen LogP contribution in [0.15, 0.2) is 4.99 Å². The van der Waals surface area contributed by atoms with Crippen molar-refractivity contribution in [2.24, 2.45) is 10.9 Å². The van der Waals surface area contributed by atoms with Crippen molar-refractivity contribution >= 4 is 5.96 Å². The quantitative estimate of drug-likeness (QED) is 0.356. The second-order valence-electron chi connectivity index (χ2n) is 7.17. The predicted octanol–water partition coefficient (Wildman–Crippen LogP) is 1.86. The van der Waals surface area contributed by atoms with E-state index in [1.165, 1.54) is 32.4 Å². The van der Waals surface area contributed by atoms with E-state index in [0.29, 0.717) is 12.0 Å². The zero-order valence-electron chi connectivity index (χ0n) is 16.3. The van der Waals surface area contributed by atoms with E-state index in [0.717, 1.165) is 64.7 Å². The summed E-state index contributed by atoms with van der Waals surface area (Å²) >= 11 is 0. The smallest absolute Gasteiger partial charge is 0.191 e. The average Bonchev–Trinajstić information content (AvgIpc) is 3.18. The molecule has 2 fully saturated rings. The fraction of sp³-hybridized carbons (Fsp3) is 0.947. The summed E-state index contributed by atoms with van der Waals surface area (Å²) in [5.41, 5.74) is 0. The van der Waals surface area contributed by atoms with E-state index in [1.54, 1.807) is 0 Å². The number of ether oxygens (including phenoxy) is 2. The zero-order valence-corrected chi connectivity index (χ0v) is 16.3. The number of rotatable bonds is 10. The Balaban J connectivity index is 1.51. The maximum atomic E-state index is 5.81. The maximum Gasteiger partial charge on any atom is 0.191 e. The first-order valence-corrected chi connectivity index (χ1v) is 10.2. The number of nitrogens with one attached hydrogen (secondary N) is 2. The Morgan fingerprint density at radius 2 is 2.00 bits per heavy atom. The first kappa shape index (κ1) is 20.5. The molecule has 0 bridgehead atoms. The van der Waals surface area contributed by atoms with Crippen molar-refractivity contribution < 1.29 is 9.47 Å². The number of aliphatic imine (C=N–C) groups is 1. The lowest BCUT2D eigenvalue weighted by Gasteiger charge is -2.27. The van der Waals surface area contributed by atoms with Crippen molar-refractivity contribution in [1.82, 2.24) is 15.5 Å². The normalized spacial score (nSPS) is 21.4. The average molecular weight is 355 g/mol. The monoisotopic (exact) mass is 354 g/mol. The van der Waals surface area contributed by atoms with Crippen LogP contribution in [-0.4, -0.2) is 76.6 Å². The van der Waals surface area contributed by atoms with E-state index >= 15 is 0 Å². The van der Waals surface area contributed by atoms with E-state index in [4.69, 9.17) is 9.47 Å². The highest BCUT2D eigenvalue weighted by atomic mass is 16.5. The van der Waals surface area contributed by atoms with Crippen molar-refractivity contribution in [2.45, 2.75) is 51.5 Å². The third-order valence-corrected chi connectivity index (χ3v) is 5.31. The minimum atomic E-state index is 0.615. The lowest BCUT2D eigenvalue weighted by Crippen LogP contribution is -2.46. The molecule has 2 N–H and O–H groups in total. The van der Waals surface area contributed by atoms with Crippen LogP contribution in [0.2, 0.25) is 0 Å². The highest BCUT2D eigenvalue weighted by Gasteiger charge is 2.20. The molecule has 0 aromatic carbocycles. The van der Waals surface area contributed by atoms with Crippen LogP contribution in [0.3, 0.4) is 0 Å². The molecule has 2 aliphatic rings. The highest BCUT2D eigenvalue weighted by Crippen LogP contribution is 2.15. The van der Waals surface area contributed by atoms with Crippen molar-refractivity contribution in [1.29, 1.82) is 0 Å². The second kappa shape index (κ2) is 12.5. The van der Waals surface area contributed by atoms with Gasteiger partial charge in [0.15, 0.2) is 5.96 Å². The molecule has 1 unspecified atom stereocenters. The van der Waals surface area contributed by atoms with Crippen LogP contribution in [0.1, 0.15) is 45.4 Å². The van der Waals surface area contributed by atoms with E-state index in [-0.39, 0.29) is 0 Å². The number of hydrogen-bond acceptors (Lipinski definition) is 4. The summed E-state index contributed by atoms with van der Waals surface area (Å²) in [7, 11) is 1.84. The van der Waals surface area contributed by atoms with E-state index in [9.17, 15) is 0 Å². The Morgan fingerprint density at radius 3 is 2.68 bits per heavy atom. The van der Waals surface area contributed by atoms with Crippen molar-refractivity contribution in [3.05, 3.63) is 0 Å². The summed E-state index contributed by atoms with van der Waals surface area (Å²) in [6.07, 6.45) is 7.17. The van der Waals surface area contributed by atoms with Gasteiger partial charge in [-0.15, -0.1) is 0 Å². The van der Waals surface area contributed by atoms with Crippen LogP contribution in [0.4, 0.5) is 0 Å². The lowest BCUT2D eigenvalue weighted by atomic mass is 10.0. The molecule has 25 heavy (non-hydrogen) atoms. The Bertz CT molecular complexity index is 366. The molecular formula is C19H38N4O2. The Kier molecular flexibility index (Phi) is 10.2. The van der Waals surface area contributed by atoms with Gasteiger partial charge in [-0.25, -0.2) is 0 Å². The summed E-state index contributed by atoms with van der Waals surface area (Å²) in [6.45, 7) is 10.1. The van der Waals surface area contributed by atoms with Gasteiger partial charge in [-0.3, -0.25) is 9.89 Å². The lowest BCUT2D eigenvalue weighted by molar-refractivity contribution is 0.0203. The Labute approximate surface area is 153 Å². The summed E-state index contributed by atoms with van der Waals surface area (Å²) in [6, 6.07) is 0.615. The SMILES string of the molecule is CCC(CNC(=NC)NCCCOCC1CCOCC1)N1CCCC1. The number of nitrogens with zero attached hydrogens (tertiary/aromatic N) is 2. The van der Waals surface area contributed by atoms with Gasteiger partial charge in [-0.1, -0.05) is 6.92 Å². The van der Waals surface area contributed by atoms with Gasteiger partial charge in [0.1, 0.15) is 0 Å². The minimum absolute atomic E-state index is 0.615. The largest absolute Gasteiger partial charge is 0.381 e. The Morgan fingerprint density at radius 1 is 1.24 bits per heavy atom. The van der Waals surface area contributed by atoms with E-state index in [1.807, 2.05) is 7.05 Å². The van der Waals surface area contributed by atoms with Gasteiger partial charge < -0.3 is 20.1 Å². The number of guanidine groups is 1. The van der Waals surface area contributed by atoms with Gasteiger partial charge in [-0.2, -0.15) is 0 Å². The molecule has 0 aromatic heterocycles. The zero-order chi connectivity index (χ0) is 17.7. The van der Waals surface area contributed by atoms with Crippen LogP contribution in [0, 0.1) is 5.92 Å².